The molecule has 0 atom stereocenters. The number of rotatable bonds is 2. The van der Waals surface area contributed by atoms with Crippen LogP contribution in [0.5, 0.6) is 0 Å². The van der Waals surface area contributed by atoms with Gasteiger partial charge in [0.2, 0.25) is 0 Å². The minimum Gasteiger partial charge on any atom is -0.379 e. The number of ether oxygens (including phenoxy) is 1. The smallest absolute Gasteiger partial charge is 0.258 e. The lowest BCUT2D eigenvalue weighted by atomic mass is 10.2. The van der Waals surface area contributed by atoms with E-state index >= 15 is 0 Å². The largest absolute Gasteiger partial charge is 0.379 e. The lowest BCUT2D eigenvalue weighted by Gasteiger charge is -2.28. The highest BCUT2D eigenvalue weighted by Crippen LogP contribution is 2.43. The van der Waals surface area contributed by atoms with Crippen molar-refractivity contribution in [2.24, 2.45) is 0 Å². The normalized spacial score (nSPS) is 21.1. The summed E-state index contributed by atoms with van der Waals surface area (Å²) < 4.78 is 5.70. The highest BCUT2D eigenvalue weighted by molar-refractivity contribution is 6.31. The fourth-order valence-electron chi connectivity index (χ4n) is 3.21. The van der Waals surface area contributed by atoms with Gasteiger partial charge in [0.05, 0.1) is 24.1 Å². The van der Waals surface area contributed by atoms with Crippen LogP contribution in [0.4, 0.5) is 0 Å². The summed E-state index contributed by atoms with van der Waals surface area (Å²) >= 11 is 5.95. The maximum atomic E-state index is 12.2. The van der Waals surface area contributed by atoms with Gasteiger partial charge in [0, 0.05) is 23.7 Å². The standard InChI is InChI=1S/C16H18ClN3O2/c17-11-2-3-13-12(8-11)15(21)19-14(18-13)9-20-6-1-7-22-10-16(20)4-5-16/h2-3,8H,1,4-7,9-10H2,(H,18,19,21). The number of fused-ring (bicyclic) bond motifs is 1. The molecule has 1 aromatic heterocycles. The first kappa shape index (κ1) is 14.2. The summed E-state index contributed by atoms with van der Waals surface area (Å²) in [6.45, 7) is 3.26. The summed E-state index contributed by atoms with van der Waals surface area (Å²) in [7, 11) is 0. The van der Waals surface area contributed by atoms with Crippen molar-refractivity contribution in [1.29, 1.82) is 0 Å². The van der Waals surface area contributed by atoms with Crippen LogP contribution in [0, 0.1) is 0 Å². The van der Waals surface area contributed by atoms with Crippen LogP contribution < -0.4 is 5.56 Å². The molecule has 1 aliphatic carbocycles. The molecule has 0 bridgehead atoms. The SMILES string of the molecule is O=c1[nH]c(CN2CCCOCC23CC3)nc2ccc(Cl)cc12. The topological polar surface area (TPSA) is 58.2 Å². The van der Waals surface area contributed by atoms with Crippen molar-refractivity contribution < 1.29 is 4.74 Å². The summed E-state index contributed by atoms with van der Waals surface area (Å²) in [5.41, 5.74) is 0.738. The van der Waals surface area contributed by atoms with Crippen LogP contribution in [0.25, 0.3) is 10.9 Å². The molecule has 1 aliphatic heterocycles. The summed E-state index contributed by atoms with van der Waals surface area (Å²) in [4.78, 5) is 22.2. The molecule has 1 aromatic carbocycles. The fourth-order valence-corrected chi connectivity index (χ4v) is 3.39. The molecule has 6 heteroatoms. The number of aromatic amines is 1. The van der Waals surface area contributed by atoms with E-state index in [1.165, 1.54) is 12.8 Å². The lowest BCUT2D eigenvalue weighted by molar-refractivity contribution is 0.0828. The molecule has 2 fully saturated rings. The minimum atomic E-state index is -0.126. The predicted molar refractivity (Wildman–Crippen MR) is 85.2 cm³/mol. The van der Waals surface area contributed by atoms with Gasteiger partial charge < -0.3 is 9.72 Å². The molecular formula is C16H18ClN3O2. The number of H-pyrrole nitrogens is 1. The second-order valence-corrected chi connectivity index (χ2v) is 6.66. The molecule has 0 radical (unpaired) electrons. The summed E-state index contributed by atoms with van der Waals surface area (Å²) in [6, 6.07) is 5.23. The Kier molecular flexibility index (Phi) is 3.44. The third kappa shape index (κ3) is 2.53. The number of nitrogens with zero attached hydrogens (tertiary/aromatic N) is 2. The molecule has 1 saturated heterocycles. The average Bonchev–Trinajstić information content (AvgIpc) is 3.30. The van der Waals surface area contributed by atoms with Gasteiger partial charge in [-0.05, 0) is 37.5 Å². The Hall–Kier alpha value is -1.43. The molecule has 116 valence electrons. The summed E-state index contributed by atoms with van der Waals surface area (Å²) in [6.07, 6.45) is 3.36. The van der Waals surface area contributed by atoms with Crippen LogP contribution in [0.3, 0.4) is 0 Å². The Bertz CT molecular complexity index is 770. The Balaban J connectivity index is 1.66. The molecule has 0 amide bonds. The molecule has 2 aliphatic rings. The highest BCUT2D eigenvalue weighted by atomic mass is 35.5. The molecular weight excluding hydrogens is 302 g/mol. The van der Waals surface area contributed by atoms with Crippen LogP contribution in [-0.4, -0.2) is 40.2 Å². The number of hydrogen-bond donors (Lipinski definition) is 1. The van der Waals surface area contributed by atoms with Crippen molar-refractivity contribution >= 4 is 22.5 Å². The van der Waals surface area contributed by atoms with Crippen molar-refractivity contribution in [3.63, 3.8) is 0 Å². The van der Waals surface area contributed by atoms with E-state index in [1.54, 1.807) is 18.2 Å². The molecule has 22 heavy (non-hydrogen) atoms. The number of halogens is 1. The van der Waals surface area contributed by atoms with Gasteiger partial charge in [0.25, 0.3) is 5.56 Å². The lowest BCUT2D eigenvalue weighted by Crippen LogP contribution is -2.39. The highest BCUT2D eigenvalue weighted by Gasteiger charge is 2.48. The molecule has 0 unspecified atom stereocenters. The van der Waals surface area contributed by atoms with Gasteiger partial charge in [-0.15, -0.1) is 0 Å². The van der Waals surface area contributed by atoms with Gasteiger partial charge in [0.1, 0.15) is 5.82 Å². The Morgan fingerprint density at radius 3 is 3.09 bits per heavy atom. The van der Waals surface area contributed by atoms with Gasteiger partial charge in [0.15, 0.2) is 0 Å². The number of aromatic nitrogens is 2. The van der Waals surface area contributed by atoms with E-state index in [-0.39, 0.29) is 11.1 Å². The molecule has 1 spiro atoms. The van der Waals surface area contributed by atoms with Crippen LogP contribution in [0.1, 0.15) is 25.1 Å². The first-order chi connectivity index (χ1) is 10.7. The molecule has 1 N–H and O–H groups in total. The van der Waals surface area contributed by atoms with Crippen molar-refractivity contribution in [2.45, 2.75) is 31.3 Å². The third-order valence-electron chi connectivity index (χ3n) is 4.64. The Morgan fingerprint density at radius 1 is 1.41 bits per heavy atom. The van der Waals surface area contributed by atoms with E-state index < -0.39 is 0 Å². The maximum absolute atomic E-state index is 12.2. The monoisotopic (exact) mass is 319 g/mol. The van der Waals surface area contributed by atoms with Gasteiger partial charge in [-0.2, -0.15) is 0 Å². The number of benzene rings is 1. The van der Waals surface area contributed by atoms with Crippen molar-refractivity contribution in [1.82, 2.24) is 14.9 Å². The van der Waals surface area contributed by atoms with E-state index in [1.807, 2.05) is 0 Å². The zero-order chi connectivity index (χ0) is 15.2. The first-order valence-corrected chi connectivity index (χ1v) is 8.05. The third-order valence-corrected chi connectivity index (χ3v) is 4.88. The first-order valence-electron chi connectivity index (χ1n) is 7.68. The van der Waals surface area contributed by atoms with E-state index in [4.69, 9.17) is 16.3 Å². The van der Waals surface area contributed by atoms with Gasteiger partial charge >= 0.3 is 0 Å². The van der Waals surface area contributed by atoms with E-state index in [0.29, 0.717) is 28.3 Å². The average molecular weight is 320 g/mol. The molecule has 2 aromatic rings. The maximum Gasteiger partial charge on any atom is 0.258 e. The van der Waals surface area contributed by atoms with E-state index in [9.17, 15) is 4.79 Å². The Morgan fingerprint density at radius 2 is 2.27 bits per heavy atom. The zero-order valence-electron chi connectivity index (χ0n) is 12.3. The number of hydrogen-bond acceptors (Lipinski definition) is 4. The predicted octanol–water partition coefficient (Wildman–Crippen LogP) is 2.33. The molecule has 2 heterocycles. The zero-order valence-corrected chi connectivity index (χ0v) is 13.0. The Labute approximate surface area is 133 Å². The van der Waals surface area contributed by atoms with E-state index in [0.717, 1.165) is 26.2 Å². The van der Waals surface area contributed by atoms with E-state index in [2.05, 4.69) is 14.9 Å². The second kappa shape index (κ2) is 5.33. The van der Waals surface area contributed by atoms with Crippen molar-refractivity contribution in [2.75, 3.05) is 19.8 Å². The van der Waals surface area contributed by atoms with Crippen molar-refractivity contribution in [3.8, 4) is 0 Å². The van der Waals surface area contributed by atoms with Crippen LogP contribution >= 0.6 is 11.6 Å². The fraction of sp³-hybridized carbons (Fsp3) is 0.500. The van der Waals surface area contributed by atoms with Crippen LogP contribution in [0.2, 0.25) is 5.02 Å². The van der Waals surface area contributed by atoms with Crippen LogP contribution in [0.15, 0.2) is 23.0 Å². The summed E-state index contributed by atoms with van der Waals surface area (Å²) in [5, 5.41) is 1.09. The molecule has 5 nitrogen and oxygen atoms in total. The number of nitrogens with one attached hydrogen (secondary N) is 1. The van der Waals surface area contributed by atoms with Crippen molar-refractivity contribution in [3.05, 3.63) is 39.4 Å². The van der Waals surface area contributed by atoms with Crippen LogP contribution in [-0.2, 0) is 11.3 Å². The van der Waals surface area contributed by atoms with Gasteiger partial charge in [-0.1, -0.05) is 11.6 Å². The quantitative estimate of drug-likeness (QED) is 0.923. The summed E-state index contributed by atoms with van der Waals surface area (Å²) in [5.74, 6) is 0.716. The van der Waals surface area contributed by atoms with Gasteiger partial charge in [-0.25, -0.2) is 4.98 Å². The second-order valence-electron chi connectivity index (χ2n) is 6.23. The molecule has 4 rings (SSSR count). The van der Waals surface area contributed by atoms with Gasteiger partial charge in [-0.3, -0.25) is 9.69 Å². The molecule has 1 saturated carbocycles. The minimum absolute atomic E-state index is 0.126.